The van der Waals surface area contributed by atoms with Gasteiger partial charge in [-0.15, -0.1) is 0 Å². The first-order valence-corrected chi connectivity index (χ1v) is 6.64. The third-order valence-corrected chi connectivity index (χ3v) is 3.17. The minimum Gasteiger partial charge on any atom is -0.330 e. The van der Waals surface area contributed by atoms with Crippen molar-refractivity contribution in [3.8, 4) is 0 Å². The third-order valence-electron chi connectivity index (χ3n) is 3.17. The molecule has 3 heteroatoms. The molecule has 0 unspecified atom stereocenters. The number of nitrogens with zero attached hydrogens (tertiary/aromatic N) is 2. The molecule has 0 amide bonds. The Morgan fingerprint density at radius 1 is 1.00 bits per heavy atom. The summed E-state index contributed by atoms with van der Waals surface area (Å²) in [6.07, 6.45) is 4.62. The van der Waals surface area contributed by atoms with E-state index in [1.807, 2.05) is 12.4 Å². The Kier molecular flexibility index (Phi) is 5.07. The highest BCUT2D eigenvalue weighted by Crippen LogP contribution is 2.13. The molecule has 0 fully saturated rings. The van der Waals surface area contributed by atoms with Gasteiger partial charge in [0.1, 0.15) is 0 Å². The molecule has 19 heavy (non-hydrogen) atoms. The van der Waals surface area contributed by atoms with E-state index in [0.29, 0.717) is 6.54 Å². The lowest BCUT2D eigenvalue weighted by atomic mass is 10.0. The highest BCUT2D eigenvalue weighted by molar-refractivity contribution is 5.27. The van der Waals surface area contributed by atoms with Crippen molar-refractivity contribution in [2.75, 3.05) is 13.6 Å². The molecule has 0 radical (unpaired) electrons. The zero-order valence-corrected chi connectivity index (χ0v) is 11.4. The molecular weight excluding hydrogens is 234 g/mol. The summed E-state index contributed by atoms with van der Waals surface area (Å²) in [7, 11) is 2.14. The van der Waals surface area contributed by atoms with E-state index in [2.05, 4.69) is 53.3 Å². The third kappa shape index (κ3) is 4.16. The fraction of sp³-hybridized carbons (Fsp3) is 0.312. The Morgan fingerprint density at radius 3 is 2.37 bits per heavy atom. The molecule has 1 aromatic carbocycles. The predicted octanol–water partition coefficient (Wildman–Crippen LogP) is 2.21. The molecule has 0 spiro atoms. The maximum absolute atomic E-state index is 5.66. The highest BCUT2D eigenvalue weighted by Gasteiger charge is 2.05. The minimum atomic E-state index is 0.699. The molecule has 0 aliphatic rings. The van der Waals surface area contributed by atoms with Crippen molar-refractivity contribution in [1.29, 1.82) is 0 Å². The molecule has 1 heterocycles. The van der Waals surface area contributed by atoms with E-state index in [4.69, 9.17) is 5.73 Å². The molecular formula is C16H21N3. The second-order valence-corrected chi connectivity index (χ2v) is 4.84. The summed E-state index contributed by atoms with van der Waals surface area (Å²) in [5.74, 6) is 0. The Bertz CT molecular complexity index is 496. The molecule has 2 aromatic rings. The van der Waals surface area contributed by atoms with Gasteiger partial charge < -0.3 is 5.73 Å². The van der Waals surface area contributed by atoms with E-state index in [1.165, 1.54) is 16.7 Å². The van der Waals surface area contributed by atoms with Crippen LogP contribution in [0.4, 0.5) is 0 Å². The average Bonchev–Trinajstić information content (AvgIpc) is 2.42. The fourth-order valence-corrected chi connectivity index (χ4v) is 2.26. The van der Waals surface area contributed by atoms with Crippen LogP contribution in [0.3, 0.4) is 0 Å². The summed E-state index contributed by atoms with van der Waals surface area (Å²) in [6.45, 7) is 2.57. The second kappa shape index (κ2) is 7.02. The first-order valence-electron chi connectivity index (χ1n) is 6.64. The van der Waals surface area contributed by atoms with E-state index in [-0.39, 0.29) is 0 Å². The summed E-state index contributed by atoms with van der Waals surface area (Å²) in [5.41, 5.74) is 9.67. The van der Waals surface area contributed by atoms with Gasteiger partial charge in [-0.2, -0.15) is 0 Å². The molecule has 0 saturated carbocycles. The fourth-order valence-electron chi connectivity index (χ4n) is 2.26. The number of aromatic nitrogens is 1. The van der Waals surface area contributed by atoms with Crippen LogP contribution < -0.4 is 5.73 Å². The summed E-state index contributed by atoms with van der Waals surface area (Å²) < 4.78 is 0. The molecule has 3 nitrogen and oxygen atoms in total. The summed E-state index contributed by atoms with van der Waals surface area (Å²) in [4.78, 5) is 6.35. The summed E-state index contributed by atoms with van der Waals surface area (Å²) >= 11 is 0. The lowest BCUT2D eigenvalue weighted by molar-refractivity contribution is 0.318. The quantitative estimate of drug-likeness (QED) is 0.860. The number of hydrogen-bond donors (Lipinski definition) is 1. The Morgan fingerprint density at radius 2 is 1.68 bits per heavy atom. The van der Waals surface area contributed by atoms with Crippen LogP contribution in [-0.4, -0.2) is 23.5 Å². The topological polar surface area (TPSA) is 42.2 Å². The molecule has 2 rings (SSSR count). The van der Waals surface area contributed by atoms with Gasteiger partial charge in [-0.3, -0.25) is 9.88 Å². The van der Waals surface area contributed by atoms with Crippen molar-refractivity contribution < 1.29 is 0 Å². The Labute approximate surface area is 115 Å². The van der Waals surface area contributed by atoms with Gasteiger partial charge in [0, 0.05) is 25.5 Å². The first kappa shape index (κ1) is 13.7. The van der Waals surface area contributed by atoms with Gasteiger partial charge in [-0.1, -0.05) is 24.3 Å². The van der Waals surface area contributed by atoms with Gasteiger partial charge >= 0.3 is 0 Å². The van der Waals surface area contributed by atoms with Crippen molar-refractivity contribution in [2.24, 2.45) is 5.73 Å². The van der Waals surface area contributed by atoms with Gasteiger partial charge in [0.05, 0.1) is 0 Å². The van der Waals surface area contributed by atoms with Gasteiger partial charge in [0.15, 0.2) is 0 Å². The van der Waals surface area contributed by atoms with Crippen LogP contribution in [0.2, 0.25) is 0 Å². The molecule has 0 atom stereocenters. The van der Waals surface area contributed by atoms with Crippen molar-refractivity contribution >= 4 is 0 Å². The number of benzene rings is 1. The van der Waals surface area contributed by atoms with Gasteiger partial charge in [0.2, 0.25) is 0 Å². The lowest BCUT2D eigenvalue weighted by Gasteiger charge is -2.18. The summed E-state index contributed by atoms with van der Waals surface area (Å²) in [6, 6.07) is 12.6. The summed E-state index contributed by atoms with van der Waals surface area (Å²) in [5, 5.41) is 0. The van der Waals surface area contributed by atoms with E-state index < -0.39 is 0 Å². The zero-order chi connectivity index (χ0) is 13.5. The normalized spacial score (nSPS) is 10.9. The first-order chi connectivity index (χ1) is 9.29. The predicted molar refractivity (Wildman–Crippen MR) is 78.6 cm³/mol. The maximum atomic E-state index is 5.66. The average molecular weight is 255 g/mol. The Balaban J connectivity index is 2.00. The molecule has 0 saturated heterocycles. The van der Waals surface area contributed by atoms with Gasteiger partial charge in [-0.25, -0.2) is 0 Å². The van der Waals surface area contributed by atoms with Crippen molar-refractivity contribution in [3.05, 3.63) is 65.5 Å². The number of nitrogens with two attached hydrogens (primary N) is 1. The lowest BCUT2D eigenvalue weighted by Crippen LogP contribution is -2.18. The van der Waals surface area contributed by atoms with Crippen molar-refractivity contribution in [3.63, 3.8) is 0 Å². The standard InChI is InChI=1S/C16H21N3/c1-19(12-14-7-10-18-11-8-14)13-16-5-3-2-4-15(16)6-9-17/h2-5,7-8,10-11H,6,9,12-13,17H2,1H3. The number of pyridine rings is 1. The van der Waals surface area contributed by atoms with Crippen LogP contribution in [0.25, 0.3) is 0 Å². The van der Waals surface area contributed by atoms with E-state index in [1.54, 1.807) is 0 Å². The molecule has 100 valence electrons. The minimum absolute atomic E-state index is 0.699. The van der Waals surface area contributed by atoms with E-state index >= 15 is 0 Å². The van der Waals surface area contributed by atoms with Crippen LogP contribution in [0.5, 0.6) is 0 Å². The van der Waals surface area contributed by atoms with E-state index in [0.717, 1.165) is 19.5 Å². The SMILES string of the molecule is CN(Cc1ccncc1)Cc1ccccc1CCN. The van der Waals surface area contributed by atoms with Crippen LogP contribution in [0.1, 0.15) is 16.7 Å². The van der Waals surface area contributed by atoms with E-state index in [9.17, 15) is 0 Å². The zero-order valence-electron chi connectivity index (χ0n) is 11.4. The van der Waals surface area contributed by atoms with Gasteiger partial charge in [-0.05, 0) is 48.8 Å². The van der Waals surface area contributed by atoms with Crippen LogP contribution in [-0.2, 0) is 19.5 Å². The smallest absolute Gasteiger partial charge is 0.0271 e. The van der Waals surface area contributed by atoms with Crippen LogP contribution in [0, 0.1) is 0 Å². The maximum Gasteiger partial charge on any atom is 0.0271 e. The number of hydrogen-bond acceptors (Lipinski definition) is 3. The highest BCUT2D eigenvalue weighted by atomic mass is 15.1. The largest absolute Gasteiger partial charge is 0.330 e. The number of rotatable bonds is 6. The van der Waals surface area contributed by atoms with Crippen molar-refractivity contribution in [1.82, 2.24) is 9.88 Å². The second-order valence-electron chi connectivity index (χ2n) is 4.84. The molecule has 0 bridgehead atoms. The van der Waals surface area contributed by atoms with Crippen molar-refractivity contribution in [2.45, 2.75) is 19.5 Å². The van der Waals surface area contributed by atoms with Gasteiger partial charge in [0.25, 0.3) is 0 Å². The molecule has 1 aromatic heterocycles. The van der Waals surface area contributed by atoms with Crippen LogP contribution >= 0.6 is 0 Å². The molecule has 0 aliphatic carbocycles. The Hall–Kier alpha value is -1.71. The molecule has 2 N–H and O–H groups in total. The molecule has 0 aliphatic heterocycles. The van der Waals surface area contributed by atoms with Crippen LogP contribution in [0.15, 0.2) is 48.8 Å². The monoisotopic (exact) mass is 255 g/mol.